The number of aliphatic hydroxyl groups is 2. The van der Waals surface area contributed by atoms with Gasteiger partial charge in [-0.2, -0.15) is 13.2 Å². The highest BCUT2D eigenvalue weighted by Gasteiger charge is 2.28. The van der Waals surface area contributed by atoms with E-state index < -0.39 is 30.1 Å². The molecule has 172 valence electrons. The van der Waals surface area contributed by atoms with Crippen LogP contribution in [0.5, 0.6) is 11.5 Å². The van der Waals surface area contributed by atoms with Crippen molar-refractivity contribution in [2.45, 2.75) is 38.1 Å². The van der Waals surface area contributed by atoms with Crippen molar-refractivity contribution in [3.8, 4) is 11.5 Å². The minimum absolute atomic E-state index is 0.0823. The second-order valence-electron chi connectivity index (χ2n) is 6.92. The molecule has 2 N–H and O–H groups in total. The number of rotatable bonds is 10. The van der Waals surface area contributed by atoms with Crippen LogP contribution >= 0.6 is 0 Å². The van der Waals surface area contributed by atoms with E-state index in [-0.39, 0.29) is 30.8 Å². The minimum Gasteiger partial charge on any atom is -0.494 e. The summed E-state index contributed by atoms with van der Waals surface area (Å²) in [5.41, 5.74) is 0.807. The van der Waals surface area contributed by atoms with Crippen LogP contribution in [-0.4, -0.2) is 40.5 Å². The van der Waals surface area contributed by atoms with Gasteiger partial charge in [0.15, 0.2) is 0 Å². The number of carbonyl (C=O) groups is 2. The van der Waals surface area contributed by atoms with Gasteiger partial charge in [0.1, 0.15) is 11.5 Å². The molecule has 0 aliphatic heterocycles. The Morgan fingerprint density at radius 1 is 0.969 bits per heavy atom. The van der Waals surface area contributed by atoms with Gasteiger partial charge in [-0.25, -0.2) is 4.79 Å². The molecule has 6 nitrogen and oxygen atoms in total. The molecule has 0 fully saturated rings. The smallest absolute Gasteiger partial charge is 0.389 e. The Hall–Kier alpha value is -3.17. The lowest BCUT2D eigenvalue weighted by atomic mass is 10.1. The normalized spacial score (nSPS) is 12.1. The Kier molecular flexibility index (Phi) is 8.56. The van der Waals surface area contributed by atoms with E-state index >= 15 is 0 Å². The van der Waals surface area contributed by atoms with Crippen molar-refractivity contribution in [2.75, 3.05) is 6.61 Å². The number of hydrogen-bond acceptors (Lipinski definition) is 6. The topological polar surface area (TPSA) is 93.1 Å². The fourth-order valence-corrected chi connectivity index (χ4v) is 2.44. The molecule has 0 saturated heterocycles. The zero-order chi connectivity index (χ0) is 23.8. The molecule has 0 radical (unpaired) electrons. The molecule has 0 amide bonds. The predicted octanol–water partition coefficient (Wildman–Crippen LogP) is 4.30. The largest absolute Gasteiger partial charge is 0.494 e. The van der Waals surface area contributed by atoms with Gasteiger partial charge in [0, 0.05) is 12.8 Å². The van der Waals surface area contributed by atoms with E-state index in [1.807, 2.05) is 0 Å². The molecular formula is C23H23F3O6. The number of hydrogen-bond donors (Lipinski definition) is 2. The number of alkyl halides is 3. The van der Waals surface area contributed by atoms with Crippen LogP contribution in [0.1, 0.15) is 42.1 Å². The molecule has 0 saturated carbocycles. The summed E-state index contributed by atoms with van der Waals surface area (Å²) in [6.45, 7) is 1.38. The molecule has 0 aliphatic rings. The Morgan fingerprint density at radius 2 is 1.56 bits per heavy atom. The van der Waals surface area contributed by atoms with Crippen molar-refractivity contribution in [3.05, 3.63) is 65.7 Å². The maximum atomic E-state index is 12.3. The lowest BCUT2D eigenvalue weighted by Crippen LogP contribution is -2.36. The second-order valence-corrected chi connectivity index (χ2v) is 6.92. The van der Waals surface area contributed by atoms with Crippen molar-refractivity contribution in [2.24, 2.45) is 0 Å². The van der Waals surface area contributed by atoms with Crippen molar-refractivity contribution in [1.29, 1.82) is 0 Å². The number of carbonyl (C=O) groups excluding carboxylic acids is 2. The quantitative estimate of drug-likeness (QED) is 0.184. The monoisotopic (exact) mass is 452 g/mol. The zero-order valence-corrected chi connectivity index (χ0v) is 17.3. The predicted molar refractivity (Wildman–Crippen MR) is 110 cm³/mol. The molecule has 0 spiro atoms. The zero-order valence-electron chi connectivity index (χ0n) is 17.3. The Labute approximate surface area is 182 Å². The molecule has 2 rings (SSSR count). The SMILES string of the molecule is CCC(O)(O)C(=O)/C=C/c1ccc(C(=O)Oc2ccc(OCCCC(F)(F)F)cc2)cc1. The molecule has 32 heavy (non-hydrogen) atoms. The maximum Gasteiger partial charge on any atom is 0.389 e. The first kappa shape index (κ1) is 25.1. The van der Waals surface area contributed by atoms with Crippen LogP contribution in [0.15, 0.2) is 54.6 Å². The van der Waals surface area contributed by atoms with Gasteiger partial charge in [-0.05, 0) is 54.5 Å². The molecule has 2 aromatic rings. The van der Waals surface area contributed by atoms with E-state index in [4.69, 9.17) is 9.47 Å². The van der Waals surface area contributed by atoms with Gasteiger partial charge in [-0.15, -0.1) is 0 Å². The summed E-state index contributed by atoms with van der Waals surface area (Å²) in [5, 5.41) is 18.9. The number of ketones is 1. The molecular weight excluding hydrogens is 429 g/mol. The second kappa shape index (κ2) is 10.9. The summed E-state index contributed by atoms with van der Waals surface area (Å²) in [5.74, 6) is -3.31. The fraction of sp³-hybridized carbons (Fsp3) is 0.304. The first-order valence-electron chi connectivity index (χ1n) is 9.79. The number of halogens is 3. The summed E-state index contributed by atoms with van der Waals surface area (Å²) >= 11 is 0. The average molecular weight is 452 g/mol. The van der Waals surface area contributed by atoms with Crippen LogP contribution in [0.3, 0.4) is 0 Å². The lowest BCUT2D eigenvalue weighted by molar-refractivity contribution is -0.178. The van der Waals surface area contributed by atoms with Crippen molar-refractivity contribution >= 4 is 17.8 Å². The molecule has 9 heteroatoms. The molecule has 0 heterocycles. The third kappa shape index (κ3) is 8.16. The summed E-state index contributed by atoms with van der Waals surface area (Å²) in [7, 11) is 0. The van der Waals surface area contributed by atoms with Crippen LogP contribution in [0.2, 0.25) is 0 Å². The maximum absolute atomic E-state index is 12.3. The first-order valence-corrected chi connectivity index (χ1v) is 9.79. The van der Waals surface area contributed by atoms with Gasteiger partial charge in [0.05, 0.1) is 12.2 Å². The molecule has 0 aliphatic carbocycles. The third-order valence-corrected chi connectivity index (χ3v) is 4.37. The van der Waals surface area contributed by atoms with E-state index in [1.54, 1.807) is 12.1 Å². The van der Waals surface area contributed by atoms with Crippen LogP contribution in [0.4, 0.5) is 13.2 Å². The number of ether oxygens (including phenoxy) is 2. The molecule has 2 aromatic carbocycles. The van der Waals surface area contributed by atoms with Gasteiger partial charge >= 0.3 is 12.1 Å². The van der Waals surface area contributed by atoms with Gasteiger partial charge in [-0.3, -0.25) is 4.79 Å². The fourth-order valence-electron chi connectivity index (χ4n) is 2.44. The Bertz CT molecular complexity index is 932. The van der Waals surface area contributed by atoms with Gasteiger partial charge in [0.25, 0.3) is 0 Å². The van der Waals surface area contributed by atoms with Crippen molar-refractivity contribution in [1.82, 2.24) is 0 Å². The van der Waals surface area contributed by atoms with E-state index in [9.17, 15) is 33.0 Å². The van der Waals surface area contributed by atoms with E-state index in [2.05, 4.69) is 0 Å². The van der Waals surface area contributed by atoms with Crippen molar-refractivity contribution < 1.29 is 42.4 Å². The number of benzene rings is 2. The first-order chi connectivity index (χ1) is 15.0. The van der Waals surface area contributed by atoms with E-state index in [0.717, 1.165) is 6.08 Å². The summed E-state index contributed by atoms with van der Waals surface area (Å²) in [4.78, 5) is 23.9. The average Bonchev–Trinajstić information content (AvgIpc) is 2.75. The third-order valence-electron chi connectivity index (χ3n) is 4.37. The Morgan fingerprint density at radius 3 is 2.12 bits per heavy atom. The highest BCUT2D eigenvalue weighted by Crippen LogP contribution is 2.23. The van der Waals surface area contributed by atoms with Crippen LogP contribution < -0.4 is 9.47 Å². The minimum atomic E-state index is -4.22. The van der Waals surface area contributed by atoms with Crippen LogP contribution in [-0.2, 0) is 4.79 Å². The highest BCUT2D eigenvalue weighted by atomic mass is 19.4. The molecule has 0 unspecified atom stereocenters. The molecule has 0 bridgehead atoms. The summed E-state index contributed by atoms with van der Waals surface area (Å²) in [6.07, 6.45) is -3.00. The summed E-state index contributed by atoms with van der Waals surface area (Å²) < 4.78 is 46.8. The molecule has 0 aromatic heterocycles. The van der Waals surface area contributed by atoms with E-state index in [1.165, 1.54) is 49.4 Å². The van der Waals surface area contributed by atoms with Gasteiger partial charge in [0.2, 0.25) is 11.6 Å². The highest BCUT2D eigenvalue weighted by molar-refractivity contribution is 5.98. The van der Waals surface area contributed by atoms with Gasteiger partial charge < -0.3 is 19.7 Å². The Balaban J connectivity index is 1.88. The van der Waals surface area contributed by atoms with Crippen LogP contribution in [0.25, 0.3) is 6.08 Å². The standard InChI is InChI=1S/C23H23F3O6/c1-2-22(29,30)20(27)13-6-16-4-7-17(8-5-16)21(28)32-19-11-9-18(10-12-19)31-15-3-14-23(24,25)26/h4-13,29-30H,2-3,14-15H2,1H3/b13-6+. The lowest BCUT2D eigenvalue weighted by Gasteiger charge is -2.15. The van der Waals surface area contributed by atoms with E-state index in [0.29, 0.717) is 11.3 Å². The van der Waals surface area contributed by atoms with Gasteiger partial charge in [-0.1, -0.05) is 25.1 Å². The molecule has 0 atom stereocenters. The number of esters is 1. The van der Waals surface area contributed by atoms with Crippen molar-refractivity contribution in [3.63, 3.8) is 0 Å². The van der Waals surface area contributed by atoms with Crippen LogP contribution in [0, 0.1) is 0 Å². The summed E-state index contributed by atoms with van der Waals surface area (Å²) in [6, 6.07) is 12.0.